The summed E-state index contributed by atoms with van der Waals surface area (Å²) in [4.78, 5) is 38.3. The molecule has 1 aliphatic heterocycles. The van der Waals surface area contributed by atoms with Crippen molar-refractivity contribution in [2.75, 3.05) is 13.1 Å². The monoisotopic (exact) mass is 452 g/mol. The summed E-state index contributed by atoms with van der Waals surface area (Å²) in [5.41, 5.74) is 9.79. The van der Waals surface area contributed by atoms with Crippen LogP contribution < -0.4 is 16.8 Å². The standard InChI is InChI=1S/C22H33ClN4O4/c1-13(2)18(26-19(29)16(24)11-17(25)28)20(30)27-10-9-22(31,21(3,4)12-27)14-5-7-15(23)8-6-14/h5-8,13,16,18,31H,9-12,24H2,1-4H3,(H2,25,28)(H,26,29)/t16-,18+,22-/m0/s1. The number of aliphatic hydroxyl groups is 1. The zero-order valence-electron chi connectivity index (χ0n) is 18.5. The Hall–Kier alpha value is -2.16. The maximum atomic E-state index is 13.3. The summed E-state index contributed by atoms with van der Waals surface area (Å²) in [5.74, 6) is -1.73. The predicted molar refractivity (Wildman–Crippen MR) is 119 cm³/mol. The summed E-state index contributed by atoms with van der Waals surface area (Å²) in [7, 11) is 0. The molecule has 3 atom stereocenters. The van der Waals surface area contributed by atoms with Gasteiger partial charge in [-0.05, 0) is 30.0 Å². The van der Waals surface area contributed by atoms with E-state index in [4.69, 9.17) is 23.1 Å². The Morgan fingerprint density at radius 1 is 1.23 bits per heavy atom. The highest BCUT2D eigenvalue weighted by Crippen LogP contribution is 2.46. The third-order valence-corrected chi connectivity index (χ3v) is 6.32. The molecule has 0 unspecified atom stereocenters. The molecule has 0 radical (unpaired) electrons. The topological polar surface area (TPSA) is 139 Å². The molecule has 0 aromatic heterocycles. The van der Waals surface area contributed by atoms with Gasteiger partial charge < -0.3 is 26.8 Å². The van der Waals surface area contributed by atoms with Crippen LogP contribution in [0.25, 0.3) is 0 Å². The van der Waals surface area contributed by atoms with Crippen molar-refractivity contribution in [3.63, 3.8) is 0 Å². The molecule has 0 aliphatic carbocycles. The van der Waals surface area contributed by atoms with Gasteiger partial charge in [0.15, 0.2) is 0 Å². The van der Waals surface area contributed by atoms with Crippen molar-refractivity contribution in [2.45, 2.75) is 58.2 Å². The van der Waals surface area contributed by atoms with Gasteiger partial charge in [0.1, 0.15) is 6.04 Å². The summed E-state index contributed by atoms with van der Waals surface area (Å²) in [6.45, 7) is 8.09. The van der Waals surface area contributed by atoms with Gasteiger partial charge in [-0.3, -0.25) is 14.4 Å². The van der Waals surface area contributed by atoms with E-state index in [1.807, 2.05) is 27.7 Å². The van der Waals surface area contributed by atoms with Gasteiger partial charge in [0, 0.05) is 23.5 Å². The molecule has 0 bridgehead atoms. The molecule has 1 saturated heterocycles. The van der Waals surface area contributed by atoms with Crippen LogP contribution in [0.5, 0.6) is 0 Å². The van der Waals surface area contributed by atoms with Crippen molar-refractivity contribution >= 4 is 29.3 Å². The molecule has 1 fully saturated rings. The van der Waals surface area contributed by atoms with Gasteiger partial charge in [-0.25, -0.2) is 0 Å². The molecule has 1 aliphatic rings. The minimum atomic E-state index is -1.13. The van der Waals surface area contributed by atoms with Crippen LogP contribution >= 0.6 is 11.6 Å². The number of primary amides is 1. The van der Waals surface area contributed by atoms with E-state index in [1.165, 1.54) is 0 Å². The van der Waals surface area contributed by atoms with Crippen LogP contribution in [0.15, 0.2) is 24.3 Å². The number of carbonyl (C=O) groups excluding carboxylic acids is 3. The number of nitrogens with two attached hydrogens (primary N) is 2. The first kappa shape index (κ1) is 25.1. The second-order valence-electron chi connectivity index (χ2n) is 9.27. The van der Waals surface area contributed by atoms with Gasteiger partial charge in [-0.1, -0.05) is 51.4 Å². The van der Waals surface area contributed by atoms with E-state index in [0.717, 1.165) is 5.56 Å². The Kier molecular flexibility index (Phi) is 7.73. The van der Waals surface area contributed by atoms with Gasteiger partial charge in [0.25, 0.3) is 0 Å². The number of piperidine rings is 1. The molecule has 8 nitrogen and oxygen atoms in total. The van der Waals surface area contributed by atoms with E-state index in [2.05, 4.69) is 5.32 Å². The van der Waals surface area contributed by atoms with Crippen LogP contribution in [0.4, 0.5) is 0 Å². The summed E-state index contributed by atoms with van der Waals surface area (Å²) < 4.78 is 0. The Morgan fingerprint density at radius 3 is 2.29 bits per heavy atom. The van der Waals surface area contributed by atoms with E-state index >= 15 is 0 Å². The quantitative estimate of drug-likeness (QED) is 0.491. The van der Waals surface area contributed by atoms with Gasteiger partial charge >= 0.3 is 0 Å². The average Bonchev–Trinajstić information content (AvgIpc) is 2.67. The summed E-state index contributed by atoms with van der Waals surface area (Å²) in [5, 5.41) is 14.8. The van der Waals surface area contributed by atoms with Crippen LogP contribution in [0.1, 0.15) is 46.1 Å². The number of nitrogens with zero attached hydrogens (tertiary/aromatic N) is 1. The molecule has 2 rings (SSSR count). The first-order chi connectivity index (χ1) is 14.3. The molecule has 1 aromatic carbocycles. The molecule has 0 saturated carbocycles. The van der Waals surface area contributed by atoms with Crippen molar-refractivity contribution in [2.24, 2.45) is 22.8 Å². The lowest BCUT2D eigenvalue weighted by Crippen LogP contribution is -2.61. The second-order valence-corrected chi connectivity index (χ2v) is 9.70. The highest BCUT2D eigenvalue weighted by atomic mass is 35.5. The molecule has 0 spiro atoms. The predicted octanol–water partition coefficient (Wildman–Crippen LogP) is 1.13. The zero-order chi connectivity index (χ0) is 23.6. The largest absolute Gasteiger partial charge is 0.384 e. The number of rotatable bonds is 7. The lowest BCUT2D eigenvalue weighted by Gasteiger charge is -2.51. The molecule has 1 heterocycles. The molecule has 9 heteroatoms. The maximum Gasteiger partial charge on any atom is 0.245 e. The first-order valence-electron chi connectivity index (χ1n) is 10.4. The van der Waals surface area contributed by atoms with Crippen LogP contribution in [-0.4, -0.2) is 52.9 Å². The summed E-state index contributed by atoms with van der Waals surface area (Å²) in [6.07, 6.45) is 0.0447. The molecule has 31 heavy (non-hydrogen) atoms. The SMILES string of the molecule is CC(C)[C@@H](NC(=O)[C@@H](N)CC(N)=O)C(=O)N1CC[C@](O)(c2ccc(Cl)cc2)C(C)(C)C1. The van der Waals surface area contributed by atoms with Gasteiger partial charge in [-0.2, -0.15) is 0 Å². The van der Waals surface area contributed by atoms with Crippen LogP contribution in [0.3, 0.4) is 0 Å². The fraction of sp³-hybridized carbons (Fsp3) is 0.591. The number of halogens is 1. The maximum absolute atomic E-state index is 13.3. The number of nitrogens with one attached hydrogen (secondary N) is 1. The second kappa shape index (κ2) is 9.54. The minimum absolute atomic E-state index is 0.197. The fourth-order valence-electron chi connectivity index (χ4n) is 4.05. The van der Waals surface area contributed by atoms with Gasteiger partial charge in [0.2, 0.25) is 17.7 Å². The molecule has 1 aromatic rings. The lowest BCUT2D eigenvalue weighted by molar-refractivity contribution is -0.156. The highest BCUT2D eigenvalue weighted by molar-refractivity contribution is 6.30. The average molecular weight is 453 g/mol. The van der Waals surface area contributed by atoms with Gasteiger partial charge in [0.05, 0.1) is 18.1 Å². The third kappa shape index (κ3) is 5.56. The highest BCUT2D eigenvalue weighted by Gasteiger charge is 2.50. The van der Waals surface area contributed by atoms with Crippen molar-refractivity contribution in [3.05, 3.63) is 34.9 Å². The molecule has 6 N–H and O–H groups in total. The summed E-state index contributed by atoms with van der Waals surface area (Å²) in [6, 6.07) is 5.17. The van der Waals surface area contributed by atoms with Gasteiger partial charge in [-0.15, -0.1) is 0 Å². The summed E-state index contributed by atoms with van der Waals surface area (Å²) >= 11 is 5.98. The number of amides is 3. The Balaban J connectivity index is 2.17. The minimum Gasteiger partial charge on any atom is -0.384 e. The number of benzene rings is 1. The number of likely N-dealkylation sites (tertiary alicyclic amines) is 1. The number of carbonyl (C=O) groups is 3. The Labute approximate surface area is 188 Å². The molecule has 172 valence electrons. The molecular formula is C22H33ClN4O4. The van der Waals surface area contributed by atoms with Crippen LogP contribution in [-0.2, 0) is 20.0 Å². The van der Waals surface area contributed by atoms with Crippen molar-refractivity contribution in [1.29, 1.82) is 0 Å². The fourth-order valence-corrected chi connectivity index (χ4v) is 4.18. The van der Waals surface area contributed by atoms with Crippen LogP contribution in [0, 0.1) is 11.3 Å². The Bertz CT molecular complexity index is 827. The number of hydrogen-bond acceptors (Lipinski definition) is 5. The van der Waals surface area contributed by atoms with E-state index in [0.29, 0.717) is 24.5 Å². The smallest absolute Gasteiger partial charge is 0.245 e. The van der Waals surface area contributed by atoms with E-state index in [9.17, 15) is 19.5 Å². The zero-order valence-corrected chi connectivity index (χ0v) is 19.3. The van der Waals surface area contributed by atoms with Crippen molar-refractivity contribution in [1.82, 2.24) is 10.2 Å². The van der Waals surface area contributed by atoms with E-state index in [1.54, 1.807) is 29.2 Å². The third-order valence-electron chi connectivity index (χ3n) is 6.07. The van der Waals surface area contributed by atoms with E-state index in [-0.39, 0.29) is 18.2 Å². The first-order valence-corrected chi connectivity index (χ1v) is 10.8. The van der Waals surface area contributed by atoms with Crippen molar-refractivity contribution in [3.8, 4) is 0 Å². The molecule has 3 amide bonds. The normalized spacial score (nSPS) is 22.6. The molecular weight excluding hydrogens is 420 g/mol. The number of hydrogen-bond donors (Lipinski definition) is 4. The van der Waals surface area contributed by atoms with Crippen LogP contribution in [0.2, 0.25) is 5.02 Å². The lowest BCUT2D eigenvalue weighted by atomic mass is 9.66. The van der Waals surface area contributed by atoms with E-state index < -0.39 is 34.9 Å². The van der Waals surface area contributed by atoms with Crippen molar-refractivity contribution < 1.29 is 19.5 Å². The Morgan fingerprint density at radius 2 is 1.81 bits per heavy atom.